The van der Waals surface area contributed by atoms with E-state index in [2.05, 4.69) is 0 Å². The van der Waals surface area contributed by atoms with Crippen LogP contribution in [-0.2, 0) is 20.8 Å². The predicted octanol–water partition coefficient (Wildman–Crippen LogP) is 1.77. The van der Waals surface area contributed by atoms with Gasteiger partial charge in [0.05, 0.1) is 28.0 Å². The number of benzene rings is 1. The number of alkyl halides is 3. The van der Waals surface area contributed by atoms with Crippen LogP contribution in [0.1, 0.15) is 18.9 Å². The molecule has 2 aliphatic heterocycles. The number of nitro benzene ring substituents is 1. The van der Waals surface area contributed by atoms with E-state index in [1.807, 2.05) is 4.90 Å². The molecule has 0 aromatic heterocycles. The van der Waals surface area contributed by atoms with Crippen LogP contribution in [0.15, 0.2) is 18.2 Å². The molecule has 9 nitrogen and oxygen atoms in total. The summed E-state index contributed by atoms with van der Waals surface area (Å²) in [4.78, 5) is 28.4. The summed E-state index contributed by atoms with van der Waals surface area (Å²) in [5, 5.41) is 11.4. The highest BCUT2D eigenvalue weighted by Gasteiger charge is 2.37. The van der Waals surface area contributed by atoms with E-state index in [9.17, 15) is 36.5 Å². The summed E-state index contributed by atoms with van der Waals surface area (Å²) < 4.78 is 62.2. The molecule has 178 valence electrons. The molecule has 3 rings (SSSR count). The van der Waals surface area contributed by atoms with Gasteiger partial charge in [-0.15, -0.1) is 0 Å². The molecular weight excluding hydrogens is 453 g/mol. The molecule has 1 amide bonds. The van der Waals surface area contributed by atoms with Crippen molar-refractivity contribution in [2.45, 2.75) is 31.6 Å². The van der Waals surface area contributed by atoms with Gasteiger partial charge in [-0.05, 0) is 25.5 Å². The summed E-state index contributed by atoms with van der Waals surface area (Å²) in [6.07, 6.45) is -4.27. The maximum atomic E-state index is 12.9. The second kappa shape index (κ2) is 8.85. The second-order valence-electron chi connectivity index (χ2n) is 8.16. The Morgan fingerprint density at radius 1 is 1.25 bits per heavy atom. The van der Waals surface area contributed by atoms with Gasteiger partial charge >= 0.3 is 6.18 Å². The molecule has 0 saturated carbocycles. The Morgan fingerprint density at radius 3 is 2.38 bits per heavy atom. The largest absolute Gasteiger partial charge is 0.416 e. The van der Waals surface area contributed by atoms with Crippen molar-refractivity contribution in [3.8, 4) is 0 Å². The molecule has 0 radical (unpaired) electrons. The standard InChI is InChI=1S/C19H25F3N4O5S/c1-13(18(27)23(2)15-5-10-32(30,31)12-15)24-6-8-25(9-7-24)16-4-3-14(19(20,21)22)11-17(16)26(28)29/h3-4,11,13,15H,5-10,12H2,1-2H3/t13-,15-/m1/s1. The number of carbonyl (C=O) groups excluding carboxylic acids is 1. The van der Waals surface area contributed by atoms with Crippen LogP contribution in [0.2, 0.25) is 0 Å². The minimum Gasteiger partial charge on any atom is -0.363 e. The Morgan fingerprint density at radius 2 is 1.88 bits per heavy atom. The summed E-state index contributed by atoms with van der Waals surface area (Å²) in [6.45, 7) is 3.07. The predicted molar refractivity (Wildman–Crippen MR) is 111 cm³/mol. The molecule has 0 bridgehead atoms. The summed E-state index contributed by atoms with van der Waals surface area (Å²) in [6, 6.07) is 1.60. The molecule has 0 N–H and O–H groups in total. The van der Waals surface area contributed by atoms with Crippen molar-refractivity contribution in [1.29, 1.82) is 0 Å². The molecule has 32 heavy (non-hydrogen) atoms. The zero-order valence-electron chi connectivity index (χ0n) is 17.7. The average Bonchev–Trinajstić information content (AvgIpc) is 3.10. The molecular formula is C19H25F3N4O5S. The van der Waals surface area contributed by atoms with Gasteiger partial charge in [-0.2, -0.15) is 13.2 Å². The maximum Gasteiger partial charge on any atom is 0.416 e. The monoisotopic (exact) mass is 478 g/mol. The molecule has 2 atom stereocenters. The van der Waals surface area contributed by atoms with Crippen LogP contribution in [-0.4, -0.2) is 85.9 Å². The molecule has 13 heteroatoms. The topological polar surface area (TPSA) is 104 Å². The molecule has 1 aromatic rings. The van der Waals surface area contributed by atoms with E-state index in [0.717, 1.165) is 12.1 Å². The third-order valence-corrected chi connectivity index (χ3v) is 7.91. The smallest absolute Gasteiger partial charge is 0.363 e. The highest BCUT2D eigenvalue weighted by molar-refractivity contribution is 7.91. The van der Waals surface area contributed by atoms with E-state index in [-0.39, 0.29) is 29.1 Å². The van der Waals surface area contributed by atoms with Crippen LogP contribution < -0.4 is 4.90 Å². The lowest BCUT2D eigenvalue weighted by Gasteiger charge is -2.39. The molecule has 1 aromatic carbocycles. The zero-order chi connectivity index (χ0) is 23.8. The first kappa shape index (κ1) is 24.2. The third-order valence-electron chi connectivity index (χ3n) is 6.16. The van der Waals surface area contributed by atoms with Crippen LogP contribution in [0.25, 0.3) is 0 Å². The SMILES string of the molecule is C[C@H](C(=O)N(C)[C@@H]1CCS(=O)(=O)C1)N1CCN(c2ccc(C(F)(F)F)cc2[N+](=O)[O-])CC1. The quantitative estimate of drug-likeness (QED) is 0.469. The van der Waals surface area contributed by atoms with E-state index in [4.69, 9.17) is 0 Å². The lowest BCUT2D eigenvalue weighted by atomic mass is 10.1. The van der Waals surface area contributed by atoms with Crippen molar-refractivity contribution < 1.29 is 31.3 Å². The van der Waals surface area contributed by atoms with Crippen molar-refractivity contribution in [2.24, 2.45) is 0 Å². The Labute approximate surface area is 183 Å². The summed E-state index contributed by atoms with van der Waals surface area (Å²) in [5.41, 5.74) is -1.59. The number of hydrogen-bond acceptors (Lipinski definition) is 7. The minimum atomic E-state index is -4.68. The number of sulfone groups is 1. The molecule has 2 saturated heterocycles. The van der Waals surface area contributed by atoms with E-state index in [1.165, 1.54) is 4.90 Å². The second-order valence-corrected chi connectivity index (χ2v) is 10.4. The van der Waals surface area contributed by atoms with Gasteiger partial charge in [0.15, 0.2) is 9.84 Å². The number of halogens is 3. The number of piperazine rings is 1. The first-order valence-electron chi connectivity index (χ1n) is 10.1. The van der Waals surface area contributed by atoms with E-state index in [0.29, 0.717) is 38.7 Å². The summed E-state index contributed by atoms with van der Waals surface area (Å²) in [7, 11) is -1.54. The van der Waals surface area contributed by atoms with Gasteiger partial charge in [-0.25, -0.2) is 8.42 Å². The van der Waals surface area contributed by atoms with Crippen molar-refractivity contribution in [1.82, 2.24) is 9.80 Å². The molecule has 2 fully saturated rings. The number of hydrogen-bond donors (Lipinski definition) is 0. The molecule has 0 unspecified atom stereocenters. The lowest BCUT2D eigenvalue weighted by molar-refractivity contribution is -0.384. The average molecular weight is 478 g/mol. The Balaban J connectivity index is 1.66. The van der Waals surface area contributed by atoms with Gasteiger partial charge in [0.2, 0.25) is 5.91 Å². The number of nitro groups is 1. The fraction of sp³-hybridized carbons (Fsp3) is 0.632. The number of carbonyl (C=O) groups is 1. The highest BCUT2D eigenvalue weighted by Crippen LogP contribution is 2.36. The first-order chi connectivity index (χ1) is 14.8. The van der Waals surface area contributed by atoms with Gasteiger partial charge in [0.1, 0.15) is 5.69 Å². The number of nitrogens with zero attached hydrogens (tertiary/aromatic N) is 4. The summed E-state index contributed by atoms with van der Waals surface area (Å²) >= 11 is 0. The minimum absolute atomic E-state index is 0.0483. The molecule has 0 spiro atoms. The van der Waals surface area contributed by atoms with Gasteiger partial charge < -0.3 is 9.80 Å². The van der Waals surface area contributed by atoms with Crippen molar-refractivity contribution in [3.63, 3.8) is 0 Å². The first-order valence-corrected chi connectivity index (χ1v) is 11.9. The van der Waals surface area contributed by atoms with Crippen molar-refractivity contribution >= 4 is 27.1 Å². The summed E-state index contributed by atoms with van der Waals surface area (Å²) in [5.74, 6) is -0.192. The van der Waals surface area contributed by atoms with Crippen LogP contribution in [0.4, 0.5) is 24.5 Å². The lowest BCUT2D eigenvalue weighted by Crippen LogP contribution is -2.55. The van der Waals surface area contributed by atoms with Gasteiger partial charge in [0.25, 0.3) is 5.69 Å². The van der Waals surface area contributed by atoms with Gasteiger partial charge in [0, 0.05) is 45.3 Å². The van der Waals surface area contributed by atoms with Crippen molar-refractivity contribution in [2.75, 3.05) is 49.6 Å². The number of rotatable bonds is 5. The normalized spacial score (nSPS) is 22.5. The Kier molecular flexibility index (Phi) is 6.70. The molecule has 2 heterocycles. The van der Waals surface area contributed by atoms with Crippen LogP contribution in [0.5, 0.6) is 0 Å². The third kappa shape index (κ3) is 5.14. The number of amides is 1. The molecule has 2 aliphatic rings. The Bertz CT molecular complexity index is 993. The van der Waals surface area contributed by atoms with Gasteiger partial charge in [-0.1, -0.05) is 0 Å². The zero-order valence-corrected chi connectivity index (χ0v) is 18.5. The van der Waals surface area contributed by atoms with Crippen LogP contribution in [0, 0.1) is 10.1 Å². The Hall–Kier alpha value is -2.41. The van der Waals surface area contributed by atoms with E-state index in [1.54, 1.807) is 18.9 Å². The van der Waals surface area contributed by atoms with Gasteiger partial charge in [-0.3, -0.25) is 19.8 Å². The van der Waals surface area contributed by atoms with Crippen LogP contribution in [0.3, 0.4) is 0 Å². The number of likely N-dealkylation sites (N-methyl/N-ethyl adjacent to an activating group) is 1. The van der Waals surface area contributed by atoms with E-state index >= 15 is 0 Å². The highest BCUT2D eigenvalue weighted by atomic mass is 32.2. The fourth-order valence-electron chi connectivity index (χ4n) is 4.18. The maximum absolute atomic E-state index is 12.9. The van der Waals surface area contributed by atoms with E-state index < -0.39 is 38.2 Å². The number of anilines is 1. The van der Waals surface area contributed by atoms with Crippen molar-refractivity contribution in [3.05, 3.63) is 33.9 Å². The fourth-order valence-corrected chi connectivity index (χ4v) is 5.95. The molecule has 0 aliphatic carbocycles. The van der Waals surface area contributed by atoms with Crippen LogP contribution >= 0.6 is 0 Å².